The summed E-state index contributed by atoms with van der Waals surface area (Å²) >= 11 is 7.69. The van der Waals surface area contributed by atoms with Gasteiger partial charge < -0.3 is 15.5 Å². The first-order valence-electron chi connectivity index (χ1n) is 8.61. The lowest BCUT2D eigenvalue weighted by Gasteiger charge is -2.33. The Kier molecular flexibility index (Phi) is 5.15. The van der Waals surface area contributed by atoms with Crippen molar-refractivity contribution in [1.29, 1.82) is 0 Å². The van der Waals surface area contributed by atoms with Gasteiger partial charge in [0.05, 0.1) is 18.2 Å². The quantitative estimate of drug-likeness (QED) is 0.677. The van der Waals surface area contributed by atoms with Gasteiger partial charge >= 0.3 is 0 Å². The van der Waals surface area contributed by atoms with E-state index in [9.17, 15) is 4.79 Å². The molecule has 0 radical (unpaired) electrons. The van der Waals surface area contributed by atoms with Crippen LogP contribution in [0.4, 0.5) is 5.69 Å². The Labute approximate surface area is 171 Å². The van der Waals surface area contributed by atoms with Crippen LogP contribution in [0.15, 0.2) is 53.7 Å². The maximum atomic E-state index is 13.1. The van der Waals surface area contributed by atoms with Crippen molar-refractivity contribution in [3.63, 3.8) is 0 Å². The van der Waals surface area contributed by atoms with Gasteiger partial charge in [0.2, 0.25) is 11.1 Å². The van der Waals surface area contributed by atoms with Crippen LogP contribution in [0.1, 0.15) is 17.4 Å². The minimum atomic E-state index is -0.472. The van der Waals surface area contributed by atoms with E-state index in [-0.39, 0.29) is 11.9 Å². The minimum Gasteiger partial charge on any atom is -0.495 e. The van der Waals surface area contributed by atoms with Gasteiger partial charge in [-0.15, -0.1) is 10.2 Å². The molecule has 144 valence electrons. The van der Waals surface area contributed by atoms with Crippen LogP contribution in [0.3, 0.4) is 0 Å². The van der Waals surface area contributed by atoms with Gasteiger partial charge in [0.15, 0.2) is 0 Å². The molecular formula is C19H18ClN5O2S. The summed E-state index contributed by atoms with van der Waals surface area (Å²) in [6, 6.07) is 14.5. The molecule has 7 nitrogen and oxygen atoms in total. The highest BCUT2D eigenvalue weighted by molar-refractivity contribution is 8.00. The van der Waals surface area contributed by atoms with E-state index in [0.717, 1.165) is 11.3 Å². The van der Waals surface area contributed by atoms with Crippen LogP contribution < -0.4 is 15.5 Å². The second kappa shape index (κ2) is 7.73. The highest BCUT2D eigenvalue weighted by atomic mass is 35.5. The lowest BCUT2D eigenvalue weighted by molar-refractivity contribution is -0.116. The Hall–Kier alpha value is -2.71. The van der Waals surface area contributed by atoms with Crippen LogP contribution >= 0.6 is 23.4 Å². The van der Waals surface area contributed by atoms with Gasteiger partial charge in [-0.05, 0) is 36.8 Å². The topological polar surface area (TPSA) is 81.1 Å². The molecule has 2 atom stereocenters. The summed E-state index contributed by atoms with van der Waals surface area (Å²) in [6.07, 6.45) is 0. The molecule has 2 heterocycles. The molecule has 0 saturated heterocycles. The number of nitrogens with zero attached hydrogens (tertiary/aromatic N) is 3. The van der Waals surface area contributed by atoms with Crippen molar-refractivity contribution >= 4 is 35.0 Å². The number of thioether (sulfide) groups is 1. The fourth-order valence-corrected chi connectivity index (χ4v) is 4.41. The molecule has 1 amide bonds. The average Bonchev–Trinajstić information content (AvgIpc) is 3.08. The van der Waals surface area contributed by atoms with E-state index in [1.54, 1.807) is 17.9 Å². The number of rotatable bonds is 4. The van der Waals surface area contributed by atoms with Crippen LogP contribution in [0.25, 0.3) is 0 Å². The number of halogens is 1. The molecule has 0 bridgehead atoms. The zero-order chi connectivity index (χ0) is 19.7. The van der Waals surface area contributed by atoms with Gasteiger partial charge in [0.1, 0.15) is 16.8 Å². The predicted octanol–water partition coefficient (Wildman–Crippen LogP) is 3.65. The van der Waals surface area contributed by atoms with Gasteiger partial charge in [-0.2, -0.15) is 0 Å². The van der Waals surface area contributed by atoms with Gasteiger partial charge in [-0.25, -0.2) is 4.68 Å². The molecule has 1 aromatic heterocycles. The van der Waals surface area contributed by atoms with Crippen LogP contribution in [0.2, 0.25) is 5.02 Å². The fraction of sp³-hybridized carbons (Fsp3) is 0.211. The number of carbonyl (C=O) groups excluding carboxylic acids is 1. The van der Waals surface area contributed by atoms with Crippen molar-refractivity contribution in [3.8, 4) is 5.75 Å². The third-order valence-corrected chi connectivity index (χ3v) is 5.94. The van der Waals surface area contributed by atoms with E-state index < -0.39 is 5.25 Å². The Balaban J connectivity index is 1.69. The predicted molar refractivity (Wildman–Crippen MR) is 110 cm³/mol. The van der Waals surface area contributed by atoms with Gasteiger partial charge in [-0.3, -0.25) is 4.79 Å². The van der Waals surface area contributed by atoms with E-state index in [1.165, 1.54) is 11.8 Å². The number of nitrogens with one attached hydrogen (secondary N) is 2. The van der Waals surface area contributed by atoms with E-state index in [0.29, 0.717) is 21.8 Å². The fourth-order valence-electron chi connectivity index (χ4n) is 3.02. The first-order valence-corrected chi connectivity index (χ1v) is 9.87. The molecule has 0 saturated carbocycles. The number of benzene rings is 2. The van der Waals surface area contributed by atoms with E-state index in [2.05, 4.69) is 20.9 Å². The number of hydrogen-bond acceptors (Lipinski definition) is 6. The van der Waals surface area contributed by atoms with Crippen LogP contribution in [-0.2, 0) is 4.79 Å². The van der Waals surface area contributed by atoms with Crippen LogP contribution in [0.5, 0.6) is 5.75 Å². The lowest BCUT2D eigenvalue weighted by atomic mass is 10.0. The number of fused-ring (bicyclic) bond motifs is 1. The number of methoxy groups -OCH3 is 1. The molecule has 0 spiro atoms. The number of carbonyl (C=O) groups is 1. The van der Waals surface area contributed by atoms with E-state index in [4.69, 9.17) is 16.3 Å². The molecule has 4 rings (SSSR count). The third-order valence-electron chi connectivity index (χ3n) is 4.43. The highest BCUT2D eigenvalue weighted by Crippen LogP contribution is 2.39. The summed E-state index contributed by atoms with van der Waals surface area (Å²) in [5, 5.41) is 11.9. The molecule has 1 aliphatic heterocycles. The Bertz CT molecular complexity index is 1010. The first-order chi connectivity index (χ1) is 13.6. The number of anilines is 1. The smallest absolute Gasteiger partial charge is 0.240 e. The van der Waals surface area contributed by atoms with Gasteiger partial charge in [0.25, 0.3) is 0 Å². The SMILES string of the molecule is COc1ccc([C@@H]2Nn3c(C)nnc3S[C@@H]2C(=O)Nc2ccccc2)cc1Cl. The summed E-state index contributed by atoms with van der Waals surface area (Å²) in [7, 11) is 1.57. The Morgan fingerprint density at radius 1 is 1.25 bits per heavy atom. The van der Waals surface area contributed by atoms with Crippen molar-refractivity contribution in [1.82, 2.24) is 14.9 Å². The zero-order valence-corrected chi connectivity index (χ0v) is 16.8. The third kappa shape index (κ3) is 3.53. The van der Waals surface area contributed by atoms with Gasteiger partial charge in [-0.1, -0.05) is 47.6 Å². The Morgan fingerprint density at radius 2 is 2.04 bits per heavy atom. The maximum absolute atomic E-state index is 13.1. The standard InChI is InChI=1S/C19H18ClN5O2S/c1-11-22-23-19-25(11)24-16(12-8-9-15(27-2)14(20)10-12)17(28-19)18(26)21-13-6-4-3-5-7-13/h3-10,16-17,24H,1-2H3,(H,21,26)/t16-,17-/m0/s1. The molecule has 1 aliphatic rings. The molecule has 3 aromatic rings. The highest BCUT2D eigenvalue weighted by Gasteiger charge is 2.37. The van der Waals surface area contributed by atoms with Crippen molar-refractivity contribution in [3.05, 3.63) is 64.9 Å². The number of ether oxygens (including phenoxy) is 1. The van der Waals surface area contributed by atoms with Crippen molar-refractivity contribution in [2.75, 3.05) is 17.9 Å². The van der Waals surface area contributed by atoms with Crippen molar-refractivity contribution in [2.45, 2.75) is 23.4 Å². The summed E-state index contributed by atoms with van der Waals surface area (Å²) < 4.78 is 7.03. The number of amides is 1. The molecule has 28 heavy (non-hydrogen) atoms. The minimum absolute atomic E-state index is 0.132. The molecule has 0 fully saturated rings. The van der Waals surface area contributed by atoms with Crippen molar-refractivity contribution in [2.24, 2.45) is 0 Å². The summed E-state index contributed by atoms with van der Waals surface area (Å²) in [5.74, 6) is 1.17. The normalized spacial score (nSPS) is 18.1. The maximum Gasteiger partial charge on any atom is 0.240 e. The summed E-state index contributed by atoms with van der Waals surface area (Å²) in [4.78, 5) is 13.1. The average molecular weight is 416 g/mol. The number of hydrogen-bond donors (Lipinski definition) is 2. The van der Waals surface area contributed by atoms with Crippen LogP contribution in [0, 0.1) is 6.92 Å². The molecule has 2 N–H and O–H groups in total. The molecule has 0 aliphatic carbocycles. The first kappa shape index (κ1) is 18.6. The molecule has 0 unspecified atom stereocenters. The molecular weight excluding hydrogens is 398 g/mol. The van der Waals surface area contributed by atoms with Crippen LogP contribution in [-0.4, -0.2) is 33.1 Å². The zero-order valence-electron chi connectivity index (χ0n) is 15.2. The second-order valence-electron chi connectivity index (χ2n) is 6.26. The molecule has 9 heteroatoms. The van der Waals surface area contributed by atoms with Crippen molar-refractivity contribution < 1.29 is 9.53 Å². The van der Waals surface area contributed by atoms with E-state index >= 15 is 0 Å². The number of para-hydroxylation sites is 1. The summed E-state index contributed by atoms with van der Waals surface area (Å²) in [6.45, 7) is 1.85. The number of aromatic nitrogens is 3. The van der Waals surface area contributed by atoms with E-state index in [1.807, 2.05) is 49.4 Å². The number of aryl methyl sites for hydroxylation is 1. The lowest BCUT2D eigenvalue weighted by Crippen LogP contribution is -2.41. The largest absolute Gasteiger partial charge is 0.495 e. The Morgan fingerprint density at radius 3 is 2.75 bits per heavy atom. The van der Waals surface area contributed by atoms with Gasteiger partial charge in [0, 0.05) is 5.69 Å². The second-order valence-corrected chi connectivity index (χ2v) is 7.78. The molecule has 2 aromatic carbocycles. The monoisotopic (exact) mass is 415 g/mol. The summed E-state index contributed by atoms with van der Waals surface area (Å²) in [5.41, 5.74) is 4.96.